The molecule has 21 heavy (non-hydrogen) atoms. The van der Waals surface area contributed by atoms with Crippen LogP contribution in [0.1, 0.15) is 64.9 Å². The molecule has 120 valence electrons. The SMILES string of the molecule is C=CC=C.CC.CCCCCCCCc1ccc(N)cc1. The van der Waals surface area contributed by atoms with Crippen LogP contribution in [-0.4, -0.2) is 0 Å². The van der Waals surface area contributed by atoms with Gasteiger partial charge < -0.3 is 5.73 Å². The molecule has 0 radical (unpaired) electrons. The Hall–Kier alpha value is -1.50. The van der Waals surface area contributed by atoms with Crippen molar-refractivity contribution in [1.82, 2.24) is 0 Å². The Bertz CT molecular complexity index is 318. The molecule has 0 heterocycles. The van der Waals surface area contributed by atoms with Crippen molar-refractivity contribution in [3.05, 3.63) is 55.1 Å². The minimum absolute atomic E-state index is 0.863. The van der Waals surface area contributed by atoms with E-state index in [-0.39, 0.29) is 0 Å². The van der Waals surface area contributed by atoms with E-state index in [0.29, 0.717) is 0 Å². The summed E-state index contributed by atoms with van der Waals surface area (Å²) in [7, 11) is 0. The van der Waals surface area contributed by atoms with Gasteiger partial charge in [-0.25, -0.2) is 0 Å². The van der Waals surface area contributed by atoms with Crippen molar-refractivity contribution in [3.63, 3.8) is 0 Å². The van der Waals surface area contributed by atoms with Gasteiger partial charge in [-0.05, 0) is 30.5 Å². The first-order valence-corrected chi connectivity index (χ1v) is 8.32. The summed E-state index contributed by atoms with van der Waals surface area (Å²) in [6.45, 7) is 13.0. The fourth-order valence-electron chi connectivity index (χ4n) is 1.79. The van der Waals surface area contributed by atoms with Crippen LogP contribution < -0.4 is 5.73 Å². The first-order chi connectivity index (χ1) is 10.2. The summed E-state index contributed by atoms with van der Waals surface area (Å²) in [5.41, 5.74) is 7.92. The Morgan fingerprint density at radius 1 is 0.857 bits per heavy atom. The Kier molecular flexibility index (Phi) is 19.2. The average Bonchev–Trinajstić information content (AvgIpc) is 2.54. The van der Waals surface area contributed by atoms with Gasteiger partial charge in [-0.15, -0.1) is 0 Å². The van der Waals surface area contributed by atoms with Crippen LogP contribution in [0.3, 0.4) is 0 Å². The summed E-state index contributed by atoms with van der Waals surface area (Å²) in [6.07, 6.45) is 12.7. The molecule has 0 atom stereocenters. The minimum atomic E-state index is 0.863. The van der Waals surface area contributed by atoms with Crippen LogP contribution in [-0.2, 0) is 6.42 Å². The van der Waals surface area contributed by atoms with E-state index in [2.05, 4.69) is 32.2 Å². The summed E-state index contributed by atoms with van der Waals surface area (Å²) in [5.74, 6) is 0. The summed E-state index contributed by atoms with van der Waals surface area (Å²) in [6, 6.07) is 8.27. The molecular formula is C20H35N. The van der Waals surface area contributed by atoms with Gasteiger partial charge in [-0.3, -0.25) is 0 Å². The van der Waals surface area contributed by atoms with Crippen LogP contribution in [0, 0.1) is 0 Å². The highest BCUT2D eigenvalue weighted by atomic mass is 14.5. The topological polar surface area (TPSA) is 26.0 Å². The second-order valence-corrected chi connectivity index (χ2v) is 4.73. The number of anilines is 1. The van der Waals surface area contributed by atoms with E-state index < -0.39 is 0 Å². The monoisotopic (exact) mass is 289 g/mol. The third kappa shape index (κ3) is 16.4. The van der Waals surface area contributed by atoms with E-state index >= 15 is 0 Å². The number of allylic oxidation sites excluding steroid dienone is 2. The Morgan fingerprint density at radius 2 is 1.33 bits per heavy atom. The fraction of sp³-hybridized carbons (Fsp3) is 0.500. The van der Waals surface area contributed by atoms with Gasteiger partial charge >= 0.3 is 0 Å². The lowest BCUT2D eigenvalue weighted by atomic mass is 10.0. The van der Waals surface area contributed by atoms with Crippen LogP contribution >= 0.6 is 0 Å². The number of nitrogen functional groups attached to an aromatic ring is 1. The highest BCUT2D eigenvalue weighted by molar-refractivity contribution is 5.39. The molecule has 1 heteroatoms. The highest BCUT2D eigenvalue weighted by Gasteiger charge is 1.93. The van der Waals surface area contributed by atoms with Crippen LogP contribution in [0.25, 0.3) is 0 Å². The smallest absolute Gasteiger partial charge is 0.0314 e. The maximum Gasteiger partial charge on any atom is 0.0314 e. The first kappa shape index (κ1) is 21.8. The standard InChI is InChI=1S/C14H23N.C4H6.C2H6/c1-2-3-4-5-6-7-8-13-9-11-14(15)12-10-13;1-3-4-2;1-2/h9-12H,2-8,15H2,1H3;3-4H,1-2H2;1-2H3. The largest absolute Gasteiger partial charge is 0.399 e. The predicted octanol–water partition coefficient (Wildman–Crippen LogP) is 6.56. The van der Waals surface area contributed by atoms with E-state index in [9.17, 15) is 0 Å². The van der Waals surface area contributed by atoms with Gasteiger partial charge in [0.2, 0.25) is 0 Å². The number of nitrogens with two attached hydrogens (primary N) is 1. The second kappa shape index (κ2) is 18.5. The summed E-state index contributed by atoms with van der Waals surface area (Å²) >= 11 is 0. The molecule has 0 bridgehead atoms. The predicted molar refractivity (Wildman–Crippen MR) is 99.7 cm³/mol. The van der Waals surface area contributed by atoms with E-state index in [1.54, 1.807) is 12.2 Å². The molecule has 1 rings (SSSR count). The molecule has 1 nitrogen and oxygen atoms in total. The van der Waals surface area contributed by atoms with Crippen molar-refractivity contribution < 1.29 is 0 Å². The molecule has 2 N–H and O–H groups in total. The van der Waals surface area contributed by atoms with Crippen molar-refractivity contribution >= 4 is 5.69 Å². The average molecular weight is 290 g/mol. The van der Waals surface area contributed by atoms with Crippen LogP contribution in [0.2, 0.25) is 0 Å². The molecule has 0 saturated carbocycles. The van der Waals surface area contributed by atoms with E-state index in [1.165, 1.54) is 50.5 Å². The molecule has 0 aromatic heterocycles. The third-order valence-electron chi connectivity index (χ3n) is 2.97. The van der Waals surface area contributed by atoms with Crippen molar-refractivity contribution in [1.29, 1.82) is 0 Å². The Morgan fingerprint density at radius 3 is 1.81 bits per heavy atom. The molecule has 0 saturated heterocycles. The molecule has 1 aromatic rings. The Labute approximate surface area is 133 Å². The van der Waals surface area contributed by atoms with Crippen LogP contribution in [0.5, 0.6) is 0 Å². The zero-order valence-corrected chi connectivity index (χ0v) is 14.4. The molecule has 0 amide bonds. The van der Waals surface area contributed by atoms with E-state index in [4.69, 9.17) is 5.73 Å². The molecular weight excluding hydrogens is 254 g/mol. The van der Waals surface area contributed by atoms with Gasteiger partial charge in [0, 0.05) is 5.69 Å². The minimum Gasteiger partial charge on any atom is -0.399 e. The summed E-state index contributed by atoms with van der Waals surface area (Å²) < 4.78 is 0. The van der Waals surface area contributed by atoms with Crippen molar-refractivity contribution in [2.75, 3.05) is 5.73 Å². The number of aryl methyl sites for hydroxylation is 1. The van der Waals surface area contributed by atoms with Gasteiger partial charge in [0.05, 0.1) is 0 Å². The fourth-order valence-corrected chi connectivity index (χ4v) is 1.79. The quantitative estimate of drug-likeness (QED) is 0.327. The maximum absolute atomic E-state index is 5.64. The lowest BCUT2D eigenvalue weighted by Crippen LogP contribution is -1.88. The van der Waals surface area contributed by atoms with E-state index in [0.717, 1.165) is 5.69 Å². The van der Waals surface area contributed by atoms with Crippen LogP contribution in [0.15, 0.2) is 49.6 Å². The lowest BCUT2D eigenvalue weighted by molar-refractivity contribution is 0.607. The first-order valence-electron chi connectivity index (χ1n) is 8.32. The Balaban J connectivity index is 0. The van der Waals surface area contributed by atoms with Crippen LogP contribution in [0.4, 0.5) is 5.69 Å². The van der Waals surface area contributed by atoms with Crippen molar-refractivity contribution in [2.24, 2.45) is 0 Å². The molecule has 0 aliphatic heterocycles. The number of rotatable bonds is 8. The zero-order valence-electron chi connectivity index (χ0n) is 14.4. The molecule has 0 fully saturated rings. The molecule has 0 aliphatic carbocycles. The van der Waals surface area contributed by atoms with Gasteiger partial charge in [0.1, 0.15) is 0 Å². The highest BCUT2D eigenvalue weighted by Crippen LogP contribution is 2.11. The number of hydrogen-bond donors (Lipinski definition) is 1. The van der Waals surface area contributed by atoms with E-state index in [1.807, 2.05) is 26.0 Å². The summed E-state index contributed by atoms with van der Waals surface area (Å²) in [5, 5.41) is 0. The van der Waals surface area contributed by atoms with Crippen molar-refractivity contribution in [2.45, 2.75) is 65.7 Å². The van der Waals surface area contributed by atoms with Gasteiger partial charge in [0.15, 0.2) is 0 Å². The molecule has 0 aliphatic rings. The molecule has 1 aromatic carbocycles. The number of benzene rings is 1. The van der Waals surface area contributed by atoms with Gasteiger partial charge in [0.25, 0.3) is 0 Å². The third-order valence-corrected chi connectivity index (χ3v) is 2.97. The lowest BCUT2D eigenvalue weighted by Gasteiger charge is -2.02. The molecule has 0 unspecified atom stereocenters. The van der Waals surface area contributed by atoms with Gasteiger partial charge in [-0.1, -0.05) is 90.3 Å². The molecule has 0 spiro atoms. The maximum atomic E-state index is 5.64. The van der Waals surface area contributed by atoms with Gasteiger partial charge in [-0.2, -0.15) is 0 Å². The number of hydrogen-bond acceptors (Lipinski definition) is 1. The number of unbranched alkanes of at least 4 members (excludes halogenated alkanes) is 5. The normalized spacial score (nSPS) is 8.71. The summed E-state index contributed by atoms with van der Waals surface area (Å²) in [4.78, 5) is 0. The zero-order chi connectivity index (χ0) is 16.3. The second-order valence-electron chi connectivity index (χ2n) is 4.73. The van der Waals surface area contributed by atoms with Crippen molar-refractivity contribution in [3.8, 4) is 0 Å².